The smallest absolute Gasteiger partial charge is 0.167 e. The van der Waals surface area contributed by atoms with E-state index in [1.165, 1.54) is 4.80 Å². The van der Waals surface area contributed by atoms with Gasteiger partial charge in [-0.2, -0.15) is 4.80 Å². The Balaban J connectivity index is 2.40. The molecule has 0 radical (unpaired) electrons. The van der Waals surface area contributed by atoms with E-state index in [9.17, 15) is 0 Å². The van der Waals surface area contributed by atoms with Gasteiger partial charge in [0.25, 0.3) is 0 Å². The highest BCUT2D eigenvalue weighted by molar-refractivity contribution is 6.32. The molecule has 0 amide bonds. The van der Waals surface area contributed by atoms with Gasteiger partial charge in [-0.15, -0.1) is 33.4 Å². The molecule has 0 aliphatic carbocycles. The zero-order chi connectivity index (χ0) is 13.9. The molecule has 19 heavy (non-hydrogen) atoms. The van der Waals surface area contributed by atoms with Crippen LogP contribution in [0.25, 0.3) is 0 Å². The second-order valence-electron chi connectivity index (χ2n) is 4.40. The van der Waals surface area contributed by atoms with Crippen molar-refractivity contribution in [2.45, 2.75) is 11.8 Å². The fraction of sp³-hybridized carbons (Fsp3) is 0.417. The summed E-state index contributed by atoms with van der Waals surface area (Å²) in [6.07, 6.45) is 0.498. The molecule has 0 bridgehead atoms. The standard InChI is InChI=1S/C12H13Cl3N4/c1-19-17-11(16-18-19)6-12(7-13,8-14)9-4-2-3-5-10(9)15/h2-5H,6-8H2,1H3. The number of hydrogen-bond acceptors (Lipinski definition) is 3. The van der Waals surface area contributed by atoms with Gasteiger partial charge in [-0.05, 0) is 16.8 Å². The van der Waals surface area contributed by atoms with E-state index in [0.717, 1.165) is 5.56 Å². The van der Waals surface area contributed by atoms with Crippen molar-refractivity contribution >= 4 is 34.8 Å². The summed E-state index contributed by atoms with van der Waals surface area (Å²) in [6.45, 7) is 0. The normalized spacial score (nSPS) is 11.8. The van der Waals surface area contributed by atoms with Crippen LogP contribution in [0, 0.1) is 0 Å². The lowest BCUT2D eigenvalue weighted by Crippen LogP contribution is -2.34. The molecule has 2 aromatic rings. The maximum Gasteiger partial charge on any atom is 0.175 e. The van der Waals surface area contributed by atoms with Crippen molar-refractivity contribution in [1.29, 1.82) is 0 Å². The monoisotopic (exact) mass is 318 g/mol. The van der Waals surface area contributed by atoms with E-state index in [0.29, 0.717) is 29.0 Å². The van der Waals surface area contributed by atoms with Crippen molar-refractivity contribution < 1.29 is 0 Å². The molecule has 0 saturated carbocycles. The van der Waals surface area contributed by atoms with Gasteiger partial charge in [0.15, 0.2) is 5.82 Å². The van der Waals surface area contributed by atoms with Crippen molar-refractivity contribution in [1.82, 2.24) is 20.2 Å². The molecule has 0 spiro atoms. The minimum absolute atomic E-state index is 0.332. The number of aromatic nitrogens is 4. The molecular weight excluding hydrogens is 307 g/mol. The molecule has 0 unspecified atom stereocenters. The van der Waals surface area contributed by atoms with E-state index in [2.05, 4.69) is 15.4 Å². The van der Waals surface area contributed by atoms with Crippen LogP contribution in [-0.4, -0.2) is 32.0 Å². The first kappa shape index (κ1) is 14.6. The van der Waals surface area contributed by atoms with Crippen molar-refractivity contribution in [2.75, 3.05) is 11.8 Å². The van der Waals surface area contributed by atoms with Crippen LogP contribution in [0.3, 0.4) is 0 Å². The molecule has 0 fully saturated rings. The molecule has 0 aliphatic heterocycles. The lowest BCUT2D eigenvalue weighted by Gasteiger charge is -2.29. The van der Waals surface area contributed by atoms with E-state index >= 15 is 0 Å². The Morgan fingerprint density at radius 3 is 2.42 bits per heavy atom. The first-order valence-corrected chi connectivity index (χ1v) is 7.16. The molecule has 102 valence electrons. The van der Waals surface area contributed by atoms with Gasteiger partial charge < -0.3 is 0 Å². The highest BCUT2D eigenvalue weighted by Crippen LogP contribution is 2.35. The van der Waals surface area contributed by atoms with Crippen LogP contribution in [0.4, 0.5) is 0 Å². The number of tetrazole rings is 1. The second-order valence-corrected chi connectivity index (χ2v) is 5.34. The van der Waals surface area contributed by atoms with Crippen LogP contribution in [0.5, 0.6) is 0 Å². The molecule has 7 heteroatoms. The SMILES string of the molecule is Cn1nnc(CC(CCl)(CCl)c2ccccc2Cl)n1. The third kappa shape index (κ3) is 3.02. The van der Waals surface area contributed by atoms with E-state index in [1.54, 1.807) is 7.05 Å². The summed E-state index contributed by atoms with van der Waals surface area (Å²) >= 11 is 18.6. The summed E-state index contributed by atoms with van der Waals surface area (Å²) in [5, 5.41) is 12.6. The molecule has 0 N–H and O–H groups in total. The zero-order valence-corrected chi connectivity index (χ0v) is 12.6. The molecule has 0 aliphatic rings. The number of rotatable bonds is 5. The molecular formula is C12H13Cl3N4. The highest BCUT2D eigenvalue weighted by Gasteiger charge is 2.34. The van der Waals surface area contributed by atoms with Crippen molar-refractivity contribution in [3.63, 3.8) is 0 Å². The lowest BCUT2D eigenvalue weighted by atomic mass is 9.81. The number of aryl methyl sites for hydroxylation is 1. The number of nitrogens with zero attached hydrogens (tertiary/aromatic N) is 4. The summed E-state index contributed by atoms with van der Waals surface area (Å²) in [5.41, 5.74) is 0.416. The molecule has 0 saturated heterocycles. The summed E-state index contributed by atoms with van der Waals surface area (Å²) in [6, 6.07) is 7.55. The van der Waals surface area contributed by atoms with Gasteiger partial charge in [0.2, 0.25) is 0 Å². The Kier molecular flexibility index (Phi) is 4.66. The van der Waals surface area contributed by atoms with Crippen molar-refractivity contribution in [2.24, 2.45) is 7.05 Å². The number of hydrogen-bond donors (Lipinski definition) is 0. The third-order valence-corrected chi connectivity index (χ3v) is 4.36. The van der Waals surface area contributed by atoms with Gasteiger partial charge in [0.1, 0.15) is 0 Å². The average molecular weight is 320 g/mol. The fourth-order valence-electron chi connectivity index (χ4n) is 1.96. The summed E-state index contributed by atoms with van der Waals surface area (Å²) in [7, 11) is 1.72. The number of alkyl halides is 2. The maximum atomic E-state index is 6.26. The molecule has 1 aromatic heterocycles. The maximum absolute atomic E-state index is 6.26. The minimum Gasteiger partial charge on any atom is -0.167 e. The summed E-state index contributed by atoms with van der Waals surface area (Å²) in [4.78, 5) is 1.41. The van der Waals surface area contributed by atoms with Crippen LogP contribution < -0.4 is 0 Å². The minimum atomic E-state index is -0.496. The quantitative estimate of drug-likeness (QED) is 0.796. The van der Waals surface area contributed by atoms with Crippen molar-refractivity contribution in [3.8, 4) is 0 Å². The average Bonchev–Trinajstić information content (AvgIpc) is 2.82. The highest BCUT2D eigenvalue weighted by atomic mass is 35.5. The van der Waals surface area contributed by atoms with Crippen LogP contribution >= 0.6 is 34.8 Å². The van der Waals surface area contributed by atoms with Gasteiger partial charge >= 0.3 is 0 Å². The van der Waals surface area contributed by atoms with Gasteiger partial charge in [-0.3, -0.25) is 0 Å². The summed E-state index contributed by atoms with van der Waals surface area (Å²) < 4.78 is 0. The first-order chi connectivity index (χ1) is 9.11. The van der Waals surface area contributed by atoms with Gasteiger partial charge in [-0.1, -0.05) is 29.8 Å². The molecule has 4 nitrogen and oxygen atoms in total. The Hall–Kier alpha value is -0.840. The molecule has 1 aromatic carbocycles. The first-order valence-electron chi connectivity index (χ1n) is 5.71. The van der Waals surface area contributed by atoms with E-state index < -0.39 is 5.41 Å². The molecule has 1 heterocycles. The topological polar surface area (TPSA) is 43.6 Å². The summed E-state index contributed by atoms with van der Waals surface area (Å²) in [5.74, 6) is 1.26. The van der Waals surface area contributed by atoms with Crippen molar-refractivity contribution in [3.05, 3.63) is 40.7 Å². The largest absolute Gasteiger partial charge is 0.175 e. The van der Waals surface area contributed by atoms with Crippen LogP contribution in [0.2, 0.25) is 5.02 Å². The lowest BCUT2D eigenvalue weighted by molar-refractivity contribution is 0.517. The Morgan fingerprint density at radius 2 is 1.89 bits per heavy atom. The Labute approximate surface area is 126 Å². The second kappa shape index (κ2) is 6.07. The van der Waals surface area contributed by atoms with Gasteiger partial charge in [-0.25, -0.2) is 0 Å². The fourth-order valence-corrected chi connectivity index (χ4v) is 3.06. The van der Waals surface area contributed by atoms with E-state index in [4.69, 9.17) is 34.8 Å². The molecule has 2 rings (SSSR count). The molecule has 0 atom stereocenters. The number of benzene rings is 1. The Bertz CT molecular complexity index is 551. The predicted molar refractivity (Wildman–Crippen MR) is 77.1 cm³/mol. The van der Waals surface area contributed by atoms with Crippen LogP contribution in [0.1, 0.15) is 11.4 Å². The van der Waals surface area contributed by atoms with Crippen LogP contribution in [-0.2, 0) is 18.9 Å². The Morgan fingerprint density at radius 1 is 1.21 bits per heavy atom. The third-order valence-electron chi connectivity index (χ3n) is 3.00. The van der Waals surface area contributed by atoms with Gasteiger partial charge in [0.05, 0.1) is 7.05 Å². The van der Waals surface area contributed by atoms with E-state index in [-0.39, 0.29) is 0 Å². The number of halogens is 3. The van der Waals surface area contributed by atoms with Crippen LogP contribution in [0.15, 0.2) is 24.3 Å². The van der Waals surface area contributed by atoms with Gasteiger partial charge in [0, 0.05) is 28.6 Å². The zero-order valence-electron chi connectivity index (χ0n) is 10.4. The predicted octanol–water partition coefficient (Wildman–Crippen LogP) is 2.82. The van der Waals surface area contributed by atoms with E-state index in [1.807, 2.05) is 24.3 Å².